The highest BCUT2D eigenvalue weighted by atomic mass is 32.1. The van der Waals surface area contributed by atoms with E-state index in [4.69, 9.17) is 4.74 Å². The highest BCUT2D eigenvalue weighted by Crippen LogP contribution is 2.25. The third kappa shape index (κ3) is 3.28. The normalized spacial score (nSPS) is 11.4. The Kier molecular flexibility index (Phi) is 4.85. The van der Waals surface area contributed by atoms with Crippen LogP contribution >= 0.6 is 11.3 Å². The first-order valence-electron chi connectivity index (χ1n) is 8.00. The lowest BCUT2D eigenvalue weighted by molar-refractivity contribution is 0.0531. The molecule has 0 spiro atoms. The van der Waals surface area contributed by atoms with E-state index in [1.54, 1.807) is 20.1 Å². The van der Waals surface area contributed by atoms with Gasteiger partial charge in [0, 0.05) is 29.2 Å². The third-order valence-electron chi connectivity index (χ3n) is 4.06. The number of aryl methyl sites for hydroxylation is 2. The Labute approximate surface area is 150 Å². The molecule has 0 atom stereocenters. The van der Waals surface area contributed by atoms with Gasteiger partial charge in [-0.3, -0.25) is 5.43 Å². The summed E-state index contributed by atoms with van der Waals surface area (Å²) >= 11 is 1.24. The smallest absolute Gasteiger partial charge is 0.350 e. The zero-order valence-electron chi connectivity index (χ0n) is 14.7. The molecule has 0 amide bonds. The fourth-order valence-electron chi connectivity index (χ4n) is 2.70. The van der Waals surface area contributed by atoms with E-state index in [0.717, 1.165) is 22.2 Å². The molecule has 0 aliphatic rings. The lowest BCUT2D eigenvalue weighted by Gasteiger charge is -1.98. The molecule has 3 rings (SSSR count). The van der Waals surface area contributed by atoms with Gasteiger partial charge < -0.3 is 9.30 Å². The molecular weight excluding hydrogens is 336 g/mol. The molecular formula is C18H20N4O2S. The number of ether oxygens (including phenoxy) is 1. The number of fused-ring (bicyclic) bond motifs is 1. The predicted octanol–water partition coefficient (Wildman–Crippen LogP) is 3.87. The molecule has 130 valence electrons. The van der Waals surface area contributed by atoms with Gasteiger partial charge in [-0.05, 0) is 26.8 Å². The number of anilines is 1. The van der Waals surface area contributed by atoms with Crippen LogP contribution in [0.5, 0.6) is 0 Å². The van der Waals surface area contributed by atoms with E-state index in [-0.39, 0.29) is 5.97 Å². The van der Waals surface area contributed by atoms with E-state index in [9.17, 15) is 4.79 Å². The number of carbonyl (C=O) groups excluding carboxylic acids is 1. The molecule has 0 saturated carbocycles. The number of hydrogen-bond donors (Lipinski definition) is 1. The van der Waals surface area contributed by atoms with Crippen molar-refractivity contribution >= 4 is 39.6 Å². The minimum atomic E-state index is -0.348. The number of thiazole rings is 1. The topological polar surface area (TPSA) is 68.5 Å². The number of nitrogens with one attached hydrogen (secondary N) is 1. The van der Waals surface area contributed by atoms with Crippen molar-refractivity contribution in [1.29, 1.82) is 0 Å². The van der Waals surface area contributed by atoms with Gasteiger partial charge in [-0.1, -0.05) is 29.5 Å². The summed E-state index contributed by atoms with van der Waals surface area (Å²) in [6.07, 6.45) is 1.79. The number of carbonyl (C=O) groups is 1. The summed E-state index contributed by atoms with van der Waals surface area (Å²) in [7, 11) is 2.04. The van der Waals surface area contributed by atoms with Crippen molar-refractivity contribution in [3.8, 4) is 0 Å². The van der Waals surface area contributed by atoms with Crippen LogP contribution in [0.25, 0.3) is 10.9 Å². The quantitative estimate of drug-likeness (QED) is 0.428. The fraction of sp³-hybridized carbons (Fsp3) is 0.278. The van der Waals surface area contributed by atoms with Crippen molar-refractivity contribution in [2.24, 2.45) is 12.1 Å². The molecule has 0 fully saturated rings. The standard InChI is InChI=1S/C18H20N4O2S/c1-5-24-17(23)16-11(2)20-18(25-16)21-19-10-14-12(3)22(4)15-9-7-6-8-13(14)15/h6-10H,5H2,1-4H3,(H,20,21)/b19-10-. The molecule has 0 saturated heterocycles. The summed E-state index contributed by atoms with van der Waals surface area (Å²) < 4.78 is 7.17. The zero-order valence-corrected chi connectivity index (χ0v) is 15.5. The molecule has 0 aliphatic heterocycles. The highest BCUT2D eigenvalue weighted by Gasteiger charge is 2.16. The molecule has 7 heteroatoms. The van der Waals surface area contributed by atoms with Gasteiger partial charge in [0.15, 0.2) is 0 Å². The molecule has 0 radical (unpaired) electrons. The monoisotopic (exact) mass is 356 g/mol. The van der Waals surface area contributed by atoms with E-state index in [2.05, 4.69) is 39.1 Å². The molecule has 3 aromatic rings. The number of hydrogen-bond acceptors (Lipinski definition) is 6. The van der Waals surface area contributed by atoms with E-state index < -0.39 is 0 Å². The van der Waals surface area contributed by atoms with Crippen molar-refractivity contribution in [3.63, 3.8) is 0 Å². The second-order valence-corrected chi connectivity index (χ2v) is 6.60. The number of aromatic nitrogens is 2. The largest absolute Gasteiger partial charge is 0.462 e. The first-order chi connectivity index (χ1) is 12.0. The van der Waals surface area contributed by atoms with Gasteiger partial charge >= 0.3 is 5.97 Å². The Morgan fingerprint density at radius 1 is 1.40 bits per heavy atom. The minimum Gasteiger partial charge on any atom is -0.462 e. The van der Waals surface area contributed by atoms with Crippen LogP contribution in [0.2, 0.25) is 0 Å². The summed E-state index contributed by atoms with van der Waals surface area (Å²) in [5, 5.41) is 6.02. The van der Waals surface area contributed by atoms with Gasteiger partial charge in [-0.2, -0.15) is 5.10 Å². The van der Waals surface area contributed by atoms with Crippen LogP contribution in [0.3, 0.4) is 0 Å². The maximum absolute atomic E-state index is 11.8. The maximum Gasteiger partial charge on any atom is 0.350 e. The van der Waals surface area contributed by atoms with Crippen LogP contribution in [0.15, 0.2) is 29.4 Å². The van der Waals surface area contributed by atoms with Crippen molar-refractivity contribution < 1.29 is 9.53 Å². The SMILES string of the molecule is CCOC(=O)c1sc(N/N=C\c2c(C)n(C)c3ccccc23)nc1C. The molecule has 25 heavy (non-hydrogen) atoms. The molecule has 1 N–H and O–H groups in total. The molecule has 0 aliphatic carbocycles. The summed E-state index contributed by atoms with van der Waals surface area (Å²) in [6, 6.07) is 8.21. The summed E-state index contributed by atoms with van der Waals surface area (Å²) in [5.41, 5.74) is 6.91. The first kappa shape index (κ1) is 17.2. The van der Waals surface area contributed by atoms with Crippen LogP contribution < -0.4 is 5.43 Å². The van der Waals surface area contributed by atoms with Gasteiger partial charge in [0.25, 0.3) is 0 Å². The molecule has 0 unspecified atom stereocenters. The summed E-state index contributed by atoms with van der Waals surface area (Å²) in [4.78, 5) is 16.7. The number of benzene rings is 1. The number of nitrogens with zero attached hydrogens (tertiary/aromatic N) is 3. The van der Waals surface area contributed by atoms with Gasteiger partial charge in [0.2, 0.25) is 5.13 Å². The van der Waals surface area contributed by atoms with Gasteiger partial charge in [0.05, 0.1) is 18.5 Å². The molecule has 1 aromatic carbocycles. The molecule has 6 nitrogen and oxygen atoms in total. The Morgan fingerprint density at radius 2 is 2.16 bits per heavy atom. The number of para-hydroxylation sites is 1. The summed E-state index contributed by atoms with van der Waals surface area (Å²) in [6.45, 7) is 5.97. The van der Waals surface area contributed by atoms with Crippen molar-refractivity contribution in [2.75, 3.05) is 12.0 Å². The second kappa shape index (κ2) is 7.06. The average molecular weight is 356 g/mol. The lowest BCUT2D eigenvalue weighted by atomic mass is 10.1. The Bertz CT molecular complexity index is 956. The average Bonchev–Trinajstić information content (AvgIpc) is 3.08. The Hall–Kier alpha value is -2.67. The van der Waals surface area contributed by atoms with Crippen LogP contribution in [-0.2, 0) is 11.8 Å². The highest BCUT2D eigenvalue weighted by molar-refractivity contribution is 7.17. The van der Waals surface area contributed by atoms with Crippen LogP contribution in [0, 0.1) is 13.8 Å². The molecule has 2 heterocycles. The Morgan fingerprint density at radius 3 is 2.92 bits per heavy atom. The first-order valence-corrected chi connectivity index (χ1v) is 8.82. The lowest BCUT2D eigenvalue weighted by Crippen LogP contribution is -2.03. The third-order valence-corrected chi connectivity index (χ3v) is 5.10. The van der Waals surface area contributed by atoms with E-state index in [1.165, 1.54) is 11.3 Å². The summed E-state index contributed by atoms with van der Waals surface area (Å²) in [5.74, 6) is -0.348. The minimum absolute atomic E-state index is 0.345. The van der Waals surface area contributed by atoms with Crippen LogP contribution in [0.1, 0.15) is 33.5 Å². The fourth-order valence-corrected chi connectivity index (χ4v) is 3.51. The Balaban J connectivity index is 1.82. The zero-order chi connectivity index (χ0) is 18.0. The number of rotatable bonds is 5. The van der Waals surface area contributed by atoms with Crippen LogP contribution in [-0.4, -0.2) is 28.3 Å². The van der Waals surface area contributed by atoms with Crippen molar-refractivity contribution in [2.45, 2.75) is 20.8 Å². The number of hydrazone groups is 1. The number of esters is 1. The second-order valence-electron chi connectivity index (χ2n) is 5.60. The van der Waals surface area contributed by atoms with E-state index in [1.807, 2.05) is 19.2 Å². The predicted molar refractivity (Wildman–Crippen MR) is 102 cm³/mol. The van der Waals surface area contributed by atoms with Gasteiger partial charge in [-0.15, -0.1) is 0 Å². The van der Waals surface area contributed by atoms with Crippen LogP contribution in [0.4, 0.5) is 5.13 Å². The van der Waals surface area contributed by atoms with Crippen molar-refractivity contribution in [1.82, 2.24) is 9.55 Å². The van der Waals surface area contributed by atoms with E-state index >= 15 is 0 Å². The van der Waals surface area contributed by atoms with Gasteiger partial charge in [0.1, 0.15) is 4.88 Å². The molecule has 0 bridgehead atoms. The van der Waals surface area contributed by atoms with Crippen molar-refractivity contribution in [3.05, 3.63) is 46.1 Å². The molecule has 2 aromatic heterocycles. The maximum atomic E-state index is 11.8. The van der Waals surface area contributed by atoms with E-state index in [0.29, 0.717) is 22.3 Å². The van der Waals surface area contributed by atoms with Gasteiger partial charge in [-0.25, -0.2) is 9.78 Å².